The molecule has 2 aromatic carbocycles. The van der Waals surface area contributed by atoms with E-state index < -0.39 is 11.2 Å². The molecule has 4 aromatic rings. The van der Waals surface area contributed by atoms with Gasteiger partial charge < -0.3 is 4.84 Å². The highest BCUT2D eigenvalue weighted by Crippen LogP contribution is 2.09. The van der Waals surface area contributed by atoms with Gasteiger partial charge in [0, 0.05) is 7.05 Å². The first kappa shape index (κ1) is 16.8. The highest BCUT2D eigenvalue weighted by molar-refractivity contribution is 5.73. The smallest absolute Gasteiger partial charge is 0.365 e. The van der Waals surface area contributed by atoms with Crippen LogP contribution in [-0.2, 0) is 20.2 Å². The maximum Gasteiger partial charge on any atom is 0.365 e. The van der Waals surface area contributed by atoms with Gasteiger partial charge in [-0.15, -0.1) is 0 Å². The van der Waals surface area contributed by atoms with Crippen LogP contribution >= 0.6 is 0 Å². The van der Waals surface area contributed by atoms with E-state index in [0.717, 1.165) is 15.9 Å². The lowest BCUT2D eigenvalue weighted by Crippen LogP contribution is -2.44. The van der Waals surface area contributed by atoms with Gasteiger partial charge in [0.25, 0.3) is 0 Å². The van der Waals surface area contributed by atoms with Gasteiger partial charge in [0.05, 0.1) is 18.3 Å². The minimum atomic E-state index is -0.528. The molecule has 0 unspecified atom stereocenters. The highest BCUT2D eigenvalue weighted by atomic mass is 16.7. The van der Waals surface area contributed by atoms with Crippen LogP contribution < -0.4 is 16.1 Å². The van der Waals surface area contributed by atoms with Crippen LogP contribution in [0.3, 0.4) is 0 Å². The Balaban J connectivity index is 1.82. The summed E-state index contributed by atoms with van der Waals surface area (Å²) in [7, 11) is 1.67. The molecule has 27 heavy (non-hydrogen) atoms. The molecular weight excluding hydrogens is 344 g/mol. The van der Waals surface area contributed by atoms with Gasteiger partial charge in [-0.2, -0.15) is 5.10 Å². The normalized spacial score (nSPS) is 11.0. The fourth-order valence-electron chi connectivity index (χ4n) is 3.01. The molecule has 4 rings (SSSR count). The first-order chi connectivity index (χ1) is 13.1. The van der Waals surface area contributed by atoms with Crippen molar-refractivity contribution in [3.05, 3.63) is 98.8 Å². The fourth-order valence-corrected chi connectivity index (χ4v) is 3.01. The van der Waals surface area contributed by atoms with Gasteiger partial charge in [-0.1, -0.05) is 65.4 Å². The van der Waals surface area contributed by atoms with Gasteiger partial charge in [0.2, 0.25) is 0 Å². The van der Waals surface area contributed by atoms with E-state index in [-0.39, 0.29) is 6.61 Å². The van der Waals surface area contributed by atoms with Crippen LogP contribution in [0.5, 0.6) is 0 Å². The molecule has 0 spiro atoms. The SMILES string of the molecule is Cn1ncc2c1c(=O)n(OCc1ccccc1)c(=O)n2Cc1ccccc1. The van der Waals surface area contributed by atoms with Crippen LogP contribution in [0.2, 0.25) is 0 Å². The average Bonchev–Trinajstić information content (AvgIpc) is 3.08. The second kappa shape index (κ2) is 6.95. The summed E-state index contributed by atoms with van der Waals surface area (Å²) in [5.74, 6) is 0. The summed E-state index contributed by atoms with van der Waals surface area (Å²) in [6.07, 6.45) is 1.53. The topological polar surface area (TPSA) is 71.1 Å². The summed E-state index contributed by atoms with van der Waals surface area (Å²) in [6, 6.07) is 19.0. The van der Waals surface area contributed by atoms with Crippen molar-refractivity contribution >= 4 is 11.0 Å². The van der Waals surface area contributed by atoms with Crippen molar-refractivity contribution in [3.8, 4) is 0 Å². The fraction of sp³-hybridized carbons (Fsp3) is 0.150. The average molecular weight is 362 g/mol. The van der Waals surface area contributed by atoms with E-state index in [1.807, 2.05) is 60.7 Å². The molecule has 0 saturated heterocycles. The molecule has 2 aromatic heterocycles. The van der Waals surface area contributed by atoms with E-state index >= 15 is 0 Å². The first-order valence-electron chi connectivity index (χ1n) is 8.54. The Morgan fingerprint density at radius 3 is 2.22 bits per heavy atom. The zero-order chi connectivity index (χ0) is 18.8. The zero-order valence-electron chi connectivity index (χ0n) is 14.8. The van der Waals surface area contributed by atoms with Crippen molar-refractivity contribution in [1.29, 1.82) is 0 Å². The Kier molecular flexibility index (Phi) is 4.33. The predicted molar refractivity (Wildman–Crippen MR) is 102 cm³/mol. The van der Waals surface area contributed by atoms with Gasteiger partial charge in [-0.3, -0.25) is 14.0 Å². The molecule has 0 atom stereocenters. The number of benzene rings is 2. The van der Waals surface area contributed by atoms with Crippen LogP contribution in [0.1, 0.15) is 11.1 Å². The summed E-state index contributed by atoms with van der Waals surface area (Å²) in [4.78, 5) is 31.4. The Morgan fingerprint density at radius 2 is 1.56 bits per heavy atom. The lowest BCUT2D eigenvalue weighted by atomic mass is 10.2. The number of hydrogen-bond donors (Lipinski definition) is 0. The van der Waals surface area contributed by atoms with Gasteiger partial charge in [-0.05, 0) is 11.1 Å². The molecular formula is C20H18N4O3. The Labute approximate surface area is 154 Å². The van der Waals surface area contributed by atoms with Crippen LogP contribution in [0.25, 0.3) is 11.0 Å². The monoisotopic (exact) mass is 362 g/mol. The number of rotatable bonds is 5. The summed E-state index contributed by atoms with van der Waals surface area (Å²) < 4.78 is 3.78. The molecule has 2 heterocycles. The van der Waals surface area contributed by atoms with Crippen LogP contribution in [0.4, 0.5) is 0 Å². The molecule has 0 bridgehead atoms. The van der Waals surface area contributed by atoms with E-state index in [0.29, 0.717) is 17.6 Å². The summed E-state index contributed by atoms with van der Waals surface area (Å²) in [5, 5.41) is 4.15. The van der Waals surface area contributed by atoms with Crippen molar-refractivity contribution in [2.75, 3.05) is 0 Å². The second-order valence-corrected chi connectivity index (χ2v) is 6.21. The summed E-state index contributed by atoms with van der Waals surface area (Å²) in [6.45, 7) is 0.432. The van der Waals surface area contributed by atoms with Gasteiger partial charge in [0.1, 0.15) is 6.61 Å². The van der Waals surface area contributed by atoms with Gasteiger partial charge >= 0.3 is 11.2 Å². The van der Waals surface area contributed by atoms with Crippen LogP contribution in [0, 0.1) is 0 Å². The molecule has 7 nitrogen and oxygen atoms in total. The van der Waals surface area contributed by atoms with E-state index in [1.54, 1.807) is 7.05 Å². The number of fused-ring (bicyclic) bond motifs is 1. The van der Waals surface area contributed by atoms with Crippen molar-refractivity contribution < 1.29 is 4.84 Å². The zero-order valence-corrected chi connectivity index (χ0v) is 14.8. The maximum absolute atomic E-state index is 13.0. The molecule has 0 aliphatic rings. The Morgan fingerprint density at radius 1 is 0.926 bits per heavy atom. The minimum Gasteiger partial charge on any atom is -0.401 e. The standard InChI is InChI=1S/C20H18N4O3/c1-22-18-17(12-21-22)23(13-15-8-4-2-5-9-15)20(26)24(19(18)25)27-14-16-10-6-3-7-11-16/h2-12H,13-14H2,1H3. The molecule has 0 radical (unpaired) electrons. The first-order valence-corrected chi connectivity index (χ1v) is 8.54. The quantitative estimate of drug-likeness (QED) is 0.540. The van der Waals surface area contributed by atoms with E-state index in [2.05, 4.69) is 5.10 Å². The molecule has 0 aliphatic heterocycles. The van der Waals surface area contributed by atoms with Gasteiger partial charge in [0.15, 0.2) is 5.52 Å². The van der Waals surface area contributed by atoms with Gasteiger partial charge in [-0.25, -0.2) is 4.79 Å². The third-order valence-electron chi connectivity index (χ3n) is 4.39. The third-order valence-corrected chi connectivity index (χ3v) is 4.39. The lowest BCUT2D eigenvalue weighted by molar-refractivity contribution is 0.0774. The van der Waals surface area contributed by atoms with E-state index in [4.69, 9.17) is 4.84 Å². The number of aryl methyl sites for hydroxylation is 1. The minimum absolute atomic E-state index is 0.116. The molecule has 136 valence electrons. The number of aromatic nitrogens is 4. The van der Waals surface area contributed by atoms with E-state index in [9.17, 15) is 9.59 Å². The molecule has 0 saturated carbocycles. The predicted octanol–water partition coefficient (Wildman–Crippen LogP) is 1.57. The Hall–Kier alpha value is -3.61. The number of hydrogen-bond acceptors (Lipinski definition) is 4. The third kappa shape index (κ3) is 3.15. The highest BCUT2D eigenvalue weighted by Gasteiger charge is 2.17. The Bertz CT molecular complexity index is 1190. The summed E-state index contributed by atoms with van der Waals surface area (Å²) >= 11 is 0. The van der Waals surface area contributed by atoms with E-state index in [1.165, 1.54) is 15.4 Å². The second-order valence-electron chi connectivity index (χ2n) is 6.21. The summed E-state index contributed by atoms with van der Waals surface area (Å²) in [5.41, 5.74) is 1.56. The van der Waals surface area contributed by atoms with Crippen molar-refractivity contribution in [3.63, 3.8) is 0 Å². The maximum atomic E-state index is 13.0. The molecule has 0 N–H and O–H groups in total. The van der Waals surface area contributed by atoms with Crippen molar-refractivity contribution in [1.82, 2.24) is 19.1 Å². The van der Waals surface area contributed by atoms with Crippen LogP contribution in [-0.4, -0.2) is 19.1 Å². The largest absolute Gasteiger partial charge is 0.401 e. The molecule has 0 amide bonds. The number of nitrogens with zero attached hydrogens (tertiary/aromatic N) is 4. The lowest BCUT2D eigenvalue weighted by Gasteiger charge is -2.13. The molecule has 0 fully saturated rings. The van der Waals surface area contributed by atoms with Crippen molar-refractivity contribution in [2.45, 2.75) is 13.2 Å². The molecule has 7 heteroatoms. The molecule has 0 aliphatic carbocycles. The van der Waals surface area contributed by atoms with Crippen LogP contribution in [0.15, 0.2) is 76.4 Å². The van der Waals surface area contributed by atoms with Crippen molar-refractivity contribution in [2.24, 2.45) is 7.05 Å².